The molecule has 3 heterocycles. The highest BCUT2D eigenvalue weighted by Gasteiger charge is 2.48. The Morgan fingerprint density at radius 2 is 1.88 bits per heavy atom. The average molecular weight is 355 g/mol. The van der Waals surface area contributed by atoms with Gasteiger partial charge >= 0.3 is 0 Å². The van der Waals surface area contributed by atoms with Gasteiger partial charge in [-0.2, -0.15) is 5.10 Å². The van der Waals surface area contributed by atoms with Gasteiger partial charge in [-0.25, -0.2) is 4.98 Å². The molecule has 2 fully saturated rings. The lowest BCUT2D eigenvalue weighted by atomic mass is 9.81. The van der Waals surface area contributed by atoms with E-state index in [1.165, 1.54) is 0 Å². The van der Waals surface area contributed by atoms with Gasteiger partial charge in [0.1, 0.15) is 6.54 Å². The van der Waals surface area contributed by atoms with Crippen LogP contribution in [0.25, 0.3) is 11.0 Å². The van der Waals surface area contributed by atoms with Crippen LogP contribution in [0.15, 0.2) is 12.3 Å². The first kappa shape index (κ1) is 16.7. The summed E-state index contributed by atoms with van der Waals surface area (Å²) in [7, 11) is 1.81. The van der Waals surface area contributed by atoms with E-state index in [-0.39, 0.29) is 30.2 Å². The van der Waals surface area contributed by atoms with Crippen molar-refractivity contribution in [2.75, 3.05) is 11.9 Å². The summed E-state index contributed by atoms with van der Waals surface area (Å²) < 4.78 is 1.68. The maximum Gasteiger partial charge on any atom is 0.244 e. The normalized spacial score (nSPS) is 22.8. The molecule has 2 aromatic rings. The molecule has 2 atom stereocenters. The number of nitrogens with zero attached hydrogens (tertiary/aromatic N) is 4. The number of carbonyl (C=O) groups is 3. The van der Waals surface area contributed by atoms with E-state index < -0.39 is 5.91 Å². The minimum absolute atomic E-state index is 0.202. The Balaban J connectivity index is 1.48. The second-order valence-electron chi connectivity index (χ2n) is 7.11. The highest BCUT2D eigenvalue weighted by atomic mass is 16.2. The molecule has 26 heavy (non-hydrogen) atoms. The summed E-state index contributed by atoms with van der Waals surface area (Å²) in [5.74, 6) is -1.27. The van der Waals surface area contributed by atoms with Crippen LogP contribution in [-0.2, 0) is 21.4 Å². The first-order chi connectivity index (χ1) is 12.5. The van der Waals surface area contributed by atoms with Crippen molar-refractivity contribution in [1.82, 2.24) is 19.7 Å². The van der Waals surface area contributed by atoms with Crippen LogP contribution in [0, 0.1) is 18.8 Å². The fourth-order valence-corrected chi connectivity index (χ4v) is 4.11. The van der Waals surface area contributed by atoms with Crippen LogP contribution in [0.2, 0.25) is 0 Å². The number of aromatic nitrogens is 3. The van der Waals surface area contributed by atoms with E-state index in [4.69, 9.17) is 0 Å². The summed E-state index contributed by atoms with van der Waals surface area (Å²) in [6.45, 7) is 1.63. The van der Waals surface area contributed by atoms with Crippen LogP contribution >= 0.6 is 0 Å². The van der Waals surface area contributed by atoms with E-state index in [1.807, 2.05) is 14.0 Å². The van der Waals surface area contributed by atoms with Crippen LogP contribution in [0.4, 0.5) is 5.69 Å². The van der Waals surface area contributed by atoms with Gasteiger partial charge in [-0.15, -0.1) is 0 Å². The van der Waals surface area contributed by atoms with Crippen molar-refractivity contribution >= 4 is 34.4 Å². The lowest BCUT2D eigenvalue weighted by molar-refractivity contribution is -0.142. The third-order valence-corrected chi connectivity index (χ3v) is 5.38. The zero-order valence-electron chi connectivity index (χ0n) is 14.9. The van der Waals surface area contributed by atoms with Gasteiger partial charge in [-0.3, -0.25) is 24.0 Å². The zero-order chi connectivity index (χ0) is 18.4. The number of pyridine rings is 1. The van der Waals surface area contributed by atoms with E-state index in [2.05, 4.69) is 15.4 Å². The number of hydrogen-bond donors (Lipinski definition) is 1. The predicted molar refractivity (Wildman–Crippen MR) is 94.0 cm³/mol. The molecule has 0 spiro atoms. The van der Waals surface area contributed by atoms with Gasteiger partial charge in [0.2, 0.25) is 17.7 Å². The molecule has 1 aliphatic heterocycles. The van der Waals surface area contributed by atoms with Crippen molar-refractivity contribution in [3.05, 3.63) is 18.0 Å². The number of hydrogen-bond acceptors (Lipinski definition) is 5. The SMILES string of the molecule is Cc1nn(C)c2ncc(NC(=O)CN3C(=O)C4CCCCC4C3=O)cc12. The zero-order valence-corrected chi connectivity index (χ0v) is 14.9. The van der Waals surface area contributed by atoms with Crippen LogP contribution in [-0.4, -0.2) is 43.9 Å². The summed E-state index contributed by atoms with van der Waals surface area (Å²) in [4.78, 5) is 42.7. The molecular weight excluding hydrogens is 334 g/mol. The van der Waals surface area contributed by atoms with Gasteiger partial charge in [-0.1, -0.05) is 12.8 Å². The molecule has 3 amide bonds. The van der Waals surface area contributed by atoms with Gasteiger partial charge in [0.25, 0.3) is 0 Å². The molecule has 1 aliphatic carbocycles. The molecule has 8 heteroatoms. The Morgan fingerprint density at radius 1 is 1.23 bits per heavy atom. The molecule has 2 unspecified atom stereocenters. The maximum atomic E-state index is 12.5. The van der Waals surface area contributed by atoms with Crippen molar-refractivity contribution in [3.63, 3.8) is 0 Å². The van der Waals surface area contributed by atoms with Gasteiger partial charge in [0.15, 0.2) is 5.65 Å². The molecule has 0 aromatic carbocycles. The second-order valence-corrected chi connectivity index (χ2v) is 7.11. The average Bonchev–Trinajstić information content (AvgIpc) is 3.04. The topological polar surface area (TPSA) is 97.2 Å². The van der Waals surface area contributed by atoms with E-state index in [0.717, 1.165) is 47.3 Å². The fourth-order valence-electron chi connectivity index (χ4n) is 4.11. The summed E-state index contributed by atoms with van der Waals surface area (Å²) in [5, 5.41) is 7.89. The maximum absolute atomic E-state index is 12.5. The largest absolute Gasteiger partial charge is 0.323 e. The minimum Gasteiger partial charge on any atom is -0.323 e. The van der Waals surface area contributed by atoms with Crippen LogP contribution < -0.4 is 5.32 Å². The van der Waals surface area contributed by atoms with Gasteiger partial charge in [0, 0.05) is 12.4 Å². The Hall–Kier alpha value is -2.77. The number of fused-ring (bicyclic) bond motifs is 2. The smallest absolute Gasteiger partial charge is 0.244 e. The number of nitrogens with one attached hydrogen (secondary N) is 1. The van der Waals surface area contributed by atoms with E-state index >= 15 is 0 Å². The van der Waals surface area contributed by atoms with Crippen LogP contribution in [0.1, 0.15) is 31.4 Å². The molecule has 136 valence electrons. The summed E-state index contributed by atoms with van der Waals surface area (Å²) in [5.41, 5.74) is 2.07. The Kier molecular flexibility index (Phi) is 3.97. The molecule has 8 nitrogen and oxygen atoms in total. The number of aryl methyl sites for hydroxylation is 2. The van der Waals surface area contributed by atoms with Crippen LogP contribution in [0.3, 0.4) is 0 Å². The van der Waals surface area contributed by atoms with Gasteiger partial charge in [-0.05, 0) is 25.8 Å². The van der Waals surface area contributed by atoms with Gasteiger partial charge in [0.05, 0.1) is 29.4 Å². The first-order valence-corrected chi connectivity index (χ1v) is 8.90. The summed E-state index contributed by atoms with van der Waals surface area (Å²) >= 11 is 0. The minimum atomic E-state index is -0.395. The van der Waals surface area contributed by atoms with Crippen molar-refractivity contribution in [2.24, 2.45) is 18.9 Å². The number of carbonyl (C=O) groups excluding carboxylic acids is 3. The van der Waals surface area contributed by atoms with E-state index in [9.17, 15) is 14.4 Å². The predicted octanol–water partition coefficient (Wildman–Crippen LogP) is 1.39. The molecule has 0 radical (unpaired) electrons. The molecule has 2 aliphatic rings. The van der Waals surface area contributed by atoms with Crippen molar-refractivity contribution < 1.29 is 14.4 Å². The van der Waals surface area contributed by atoms with Crippen molar-refractivity contribution in [1.29, 1.82) is 0 Å². The fraction of sp³-hybridized carbons (Fsp3) is 0.500. The number of anilines is 1. The first-order valence-electron chi connectivity index (χ1n) is 8.90. The highest BCUT2D eigenvalue weighted by molar-refractivity contribution is 6.08. The van der Waals surface area contributed by atoms with Crippen molar-refractivity contribution in [3.8, 4) is 0 Å². The summed E-state index contributed by atoms with van der Waals surface area (Å²) in [6, 6.07) is 1.80. The molecule has 4 rings (SSSR count). The second kappa shape index (κ2) is 6.19. The molecule has 1 N–H and O–H groups in total. The number of imide groups is 1. The number of amides is 3. The third-order valence-electron chi connectivity index (χ3n) is 5.38. The lowest BCUT2D eigenvalue weighted by Gasteiger charge is -2.19. The van der Waals surface area contributed by atoms with E-state index in [0.29, 0.717) is 5.69 Å². The third kappa shape index (κ3) is 2.65. The lowest BCUT2D eigenvalue weighted by Crippen LogP contribution is -2.38. The monoisotopic (exact) mass is 355 g/mol. The molecular formula is C18H21N5O3. The Labute approximate surface area is 150 Å². The number of likely N-dealkylation sites (tertiary alicyclic amines) is 1. The Morgan fingerprint density at radius 3 is 2.54 bits per heavy atom. The number of rotatable bonds is 3. The Bertz CT molecular complexity index is 895. The quantitative estimate of drug-likeness (QED) is 0.839. The molecule has 1 saturated carbocycles. The summed E-state index contributed by atoms with van der Waals surface area (Å²) in [6.07, 6.45) is 4.98. The molecule has 1 saturated heterocycles. The van der Waals surface area contributed by atoms with Crippen LogP contribution in [0.5, 0.6) is 0 Å². The molecule has 2 aromatic heterocycles. The standard InChI is InChI=1S/C18H21N5O3/c1-10-14-7-11(8-19-16(14)22(2)21-10)20-15(24)9-23-17(25)12-5-3-4-6-13(12)18(23)26/h7-8,12-13H,3-6,9H2,1-2H3,(H,20,24). The van der Waals surface area contributed by atoms with Crippen molar-refractivity contribution in [2.45, 2.75) is 32.6 Å². The van der Waals surface area contributed by atoms with Gasteiger partial charge < -0.3 is 5.32 Å². The molecule has 0 bridgehead atoms. The van der Waals surface area contributed by atoms with E-state index in [1.54, 1.807) is 16.9 Å². The highest BCUT2D eigenvalue weighted by Crippen LogP contribution is 2.37.